The summed E-state index contributed by atoms with van der Waals surface area (Å²) in [6.07, 6.45) is 0. The van der Waals surface area contributed by atoms with E-state index in [1.54, 1.807) is 7.11 Å². The van der Waals surface area contributed by atoms with Gasteiger partial charge >= 0.3 is 0 Å². The quantitative estimate of drug-likeness (QED) is 0.417. The maximum absolute atomic E-state index is 5.74. The Morgan fingerprint density at radius 2 is 1.68 bits per heavy atom. The Morgan fingerprint density at radius 1 is 0.935 bits per heavy atom. The van der Waals surface area contributed by atoms with Crippen molar-refractivity contribution in [1.82, 2.24) is 25.3 Å². The molecule has 5 aromatic rings. The molecule has 31 heavy (non-hydrogen) atoms. The molecule has 0 radical (unpaired) electrons. The average Bonchev–Trinajstić information content (AvgIpc) is 3.36. The molecule has 0 saturated carbocycles. The number of hydrogen-bond donors (Lipinski definition) is 2. The van der Waals surface area contributed by atoms with Gasteiger partial charge in [0.15, 0.2) is 5.76 Å². The molecule has 0 aliphatic heterocycles. The molecule has 0 aliphatic carbocycles. The topological polar surface area (TPSA) is 115 Å². The highest BCUT2D eigenvalue weighted by Gasteiger charge is 2.21. The van der Waals surface area contributed by atoms with Crippen LogP contribution in [0.25, 0.3) is 33.1 Å². The monoisotopic (exact) mass is 418 g/mol. The highest BCUT2D eigenvalue weighted by Crippen LogP contribution is 2.41. The number of H-pyrrole nitrogens is 1. The summed E-state index contributed by atoms with van der Waals surface area (Å²) in [4.78, 5) is 12.7. The molecule has 5 rings (SSSR count). The van der Waals surface area contributed by atoms with Crippen molar-refractivity contribution >= 4 is 33.4 Å². The van der Waals surface area contributed by atoms with E-state index in [1.807, 2.05) is 46.8 Å². The Bertz CT molecular complexity index is 1420. The van der Waals surface area contributed by atoms with E-state index in [4.69, 9.17) is 13.8 Å². The Morgan fingerprint density at radius 3 is 2.32 bits per heavy atom. The van der Waals surface area contributed by atoms with Gasteiger partial charge in [0.25, 0.3) is 0 Å². The van der Waals surface area contributed by atoms with Crippen LogP contribution in [0.15, 0.2) is 21.2 Å². The van der Waals surface area contributed by atoms with E-state index < -0.39 is 0 Å². The molecule has 0 saturated heterocycles. The first kappa shape index (κ1) is 19.1. The summed E-state index contributed by atoms with van der Waals surface area (Å²) in [5.74, 6) is 3.47. The molecule has 0 atom stereocenters. The number of benzene rings is 1. The maximum atomic E-state index is 5.74. The Labute approximate surface area is 177 Å². The number of aryl methyl sites for hydroxylation is 5. The van der Waals surface area contributed by atoms with Crippen LogP contribution in [0.1, 0.15) is 28.7 Å². The number of hydrogen-bond acceptors (Lipinski definition) is 8. The summed E-state index contributed by atoms with van der Waals surface area (Å²) in [6.45, 7) is 9.42. The van der Waals surface area contributed by atoms with E-state index in [9.17, 15) is 0 Å². The van der Waals surface area contributed by atoms with Crippen LogP contribution in [0.4, 0.5) is 11.5 Å². The van der Waals surface area contributed by atoms with Gasteiger partial charge in [-0.25, -0.2) is 9.97 Å². The van der Waals surface area contributed by atoms with Crippen molar-refractivity contribution in [2.75, 3.05) is 12.4 Å². The fourth-order valence-electron chi connectivity index (χ4n) is 4.04. The average molecular weight is 418 g/mol. The van der Waals surface area contributed by atoms with Gasteiger partial charge in [-0.05, 0) is 46.8 Å². The first-order chi connectivity index (χ1) is 14.9. The smallest absolute Gasteiger partial charge is 0.157 e. The predicted octanol–water partition coefficient (Wildman–Crippen LogP) is 5.05. The van der Waals surface area contributed by atoms with Crippen LogP contribution < -0.4 is 10.1 Å². The van der Waals surface area contributed by atoms with E-state index in [2.05, 4.69) is 30.6 Å². The molecule has 0 bridgehead atoms. The van der Waals surface area contributed by atoms with Gasteiger partial charge in [-0.15, -0.1) is 0 Å². The molecule has 0 fully saturated rings. The molecule has 0 unspecified atom stereocenters. The second kappa shape index (κ2) is 6.83. The number of aromatic amines is 1. The number of rotatable bonds is 4. The van der Waals surface area contributed by atoms with Gasteiger partial charge in [-0.2, -0.15) is 0 Å². The standard InChI is InChI=1S/C22H22N6O3/c1-9-18(11(3)30-27-9)15-7-16-14(8-17(15)29-6)19-21(25-16)23-13(5)24-22(19)26-20-10(2)28-31-12(20)4/h7-8H,1-6H3,(H2,23,24,25,26). The molecule has 4 heterocycles. The largest absolute Gasteiger partial charge is 0.496 e. The molecule has 1 aromatic carbocycles. The molecular weight excluding hydrogens is 396 g/mol. The Hall–Kier alpha value is -3.88. The summed E-state index contributed by atoms with van der Waals surface area (Å²) in [5, 5.41) is 13.3. The number of aromatic nitrogens is 5. The van der Waals surface area contributed by atoms with E-state index in [0.717, 1.165) is 55.9 Å². The van der Waals surface area contributed by atoms with Crippen molar-refractivity contribution in [2.45, 2.75) is 34.6 Å². The summed E-state index contributed by atoms with van der Waals surface area (Å²) < 4.78 is 16.4. The Kier molecular flexibility index (Phi) is 4.21. The zero-order chi connectivity index (χ0) is 21.9. The minimum atomic E-state index is 0.645. The molecule has 2 N–H and O–H groups in total. The number of nitrogens with zero attached hydrogens (tertiary/aromatic N) is 4. The number of anilines is 2. The van der Waals surface area contributed by atoms with Crippen LogP contribution in [0.5, 0.6) is 5.75 Å². The van der Waals surface area contributed by atoms with Crippen LogP contribution >= 0.6 is 0 Å². The van der Waals surface area contributed by atoms with Crippen molar-refractivity contribution in [3.63, 3.8) is 0 Å². The van der Waals surface area contributed by atoms with Gasteiger partial charge in [-0.3, -0.25) is 0 Å². The van der Waals surface area contributed by atoms with Gasteiger partial charge in [-0.1, -0.05) is 10.3 Å². The number of fused-ring (bicyclic) bond motifs is 3. The molecule has 4 aromatic heterocycles. The van der Waals surface area contributed by atoms with Crippen LogP contribution in [0.2, 0.25) is 0 Å². The lowest BCUT2D eigenvalue weighted by atomic mass is 10.0. The van der Waals surface area contributed by atoms with Crippen molar-refractivity contribution in [2.24, 2.45) is 0 Å². The normalized spacial score (nSPS) is 11.5. The van der Waals surface area contributed by atoms with E-state index >= 15 is 0 Å². The fraction of sp³-hybridized carbons (Fsp3) is 0.273. The number of ether oxygens (including phenoxy) is 1. The van der Waals surface area contributed by atoms with E-state index in [-0.39, 0.29) is 0 Å². The van der Waals surface area contributed by atoms with Gasteiger partial charge in [0.2, 0.25) is 0 Å². The lowest BCUT2D eigenvalue weighted by Gasteiger charge is -2.10. The van der Waals surface area contributed by atoms with Crippen LogP contribution in [-0.4, -0.2) is 32.4 Å². The third-order valence-electron chi connectivity index (χ3n) is 5.46. The van der Waals surface area contributed by atoms with Gasteiger partial charge < -0.3 is 24.1 Å². The van der Waals surface area contributed by atoms with Crippen molar-refractivity contribution in [1.29, 1.82) is 0 Å². The van der Waals surface area contributed by atoms with Crippen LogP contribution in [0.3, 0.4) is 0 Å². The Balaban J connectivity index is 1.78. The second-order valence-electron chi connectivity index (χ2n) is 7.59. The molecule has 0 spiro atoms. The van der Waals surface area contributed by atoms with E-state index in [1.165, 1.54) is 0 Å². The second-order valence-corrected chi connectivity index (χ2v) is 7.59. The zero-order valence-electron chi connectivity index (χ0n) is 18.2. The van der Waals surface area contributed by atoms with E-state index in [0.29, 0.717) is 23.2 Å². The summed E-state index contributed by atoms with van der Waals surface area (Å²) in [6, 6.07) is 4.03. The molecule has 0 aliphatic rings. The zero-order valence-corrected chi connectivity index (χ0v) is 18.2. The third-order valence-corrected chi connectivity index (χ3v) is 5.46. The molecule has 0 amide bonds. The van der Waals surface area contributed by atoms with Crippen molar-refractivity contribution in [3.8, 4) is 16.9 Å². The number of nitrogens with one attached hydrogen (secondary N) is 2. The first-order valence-corrected chi connectivity index (χ1v) is 9.88. The fourth-order valence-corrected chi connectivity index (χ4v) is 4.04. The highest BCUT2D eigenvalue weighted by atomic mass is 16.5. The number of methoxy groups -OCH3 is 1. The van der Waals surface area contributed by atoms with Crippen molar-refractivity contribution < 1.29 is 13.8 Å². The SMILES string of the molecule is COc1cc2c(cc1-c1c(C)noc1C)[nH]c1nc(C)nc(Nc3c(C)noc3C)c12. The lowest BCUT2D eigenvalue weighted by molar-refractivity contribution is 0.393. The molecule has 9 heteroatoms. The summed E-state index contributed by atoms with van der Waals surface area (Å²) in [7, 11) is 1.65. The summed E-state index contributed by atoms with van der Waals surface area (Å²) in [5.41, 5.74) is 5.84. The minimum absolute atomic E-state index is 0.645. The maximum Gasteiger partial charge on any atom is 0.157 e. The molecular formula is C22H22N6O3. The van der Waals surface area contributed by atoms with Crippen LogP contribution in [-0.2, 0) is 0 Å². The van der Waals surface area contributed by atoms with Gasteiger partial charge in [0, 0.05) is 16.5 Å². The van der Waals surface area contributed by atoms with Crippen LogP contribution in [0, 0.1) is 34.6 Å². The lowest BCUT2D eigenvalue weighted by Crippen LogP contribution is -1.99. The highest BCUT2D eigenvalue weighted by molar-refractivity contribution is 6.13. The third kappa shape index (κ3) is 2.92. The first-order valence-electron chi connectivity index (χ1n) is 9.88. The van der Waals surface area contributed by atoms with Gasteiger partial charge in [0.05, 0.1) is 23.8 Å². The molecule has 9 nitrogen and oxygen atoms in total. The van der Waals surface area contributed by atoms with Crippen molar-refractivity contribution in [3.05, 3.63) is 40.9 Å². The predicted molar refractivity (Wildman–Crippen MR) is 117 cm³/mol. The molecule has 158 valence electrons. The minimum Gasteiger partial charge on any atom is -0.496 e. The van der Waals surface area contributed by atoms with Gasteiger partial charge in [0.1, 0.15) is 40.2 Å². The summed E-state index contributed by atoms with van der Waals surface area (Å²) >= 11 is 0.